The molecule has 0 saturated carbocycles. The molecule has 0 aromatic heterocycles. The molecular weight excluding hydrogens is 706 g/mol. The molecule has 0 unspecified atom stereocenters. The van der Waals surface area contributed by atoms with Crippen LogP contribution in [0.3, 0.4) is 0 Å². The Bertz CT molecular complexity index is 1400. The van der Waals surface area contributed by atoms with Crippen molar-refractivity contribution in [1.82, 2.24) is 0 Å². The van der Waals surface area contributed by atoms with Gasteiger partial charge in [0.15, 0.2) is 11.5 Å². The van der Waals surface area contributed by atoms with Gasteiger partial charge in [0.1, 0.15) is 36.5 Å². The Morgan fingerprint density at radius 3 is 1.31 bits per heavy atom. The van der Waals surface area contributed by atoms with E-state index in [-0.39, 0.29) is 98.5 Å². The standard InChI is InChI=1S/C18H4Cl10O5S.Na.H/c19-7-9(21)13(25)17(14(26)10(7)22)32-4-1-2-5(6(3-4)34(29,30)31)33-18-15(27)11(23)8(20)12(24)16(18)28;;/h1-3H,(H,29,30,31);;/q;+1;-1. The average Bonchev–Trinajstić information content (AvgIpc) is 2.79. The minimum Gasteiger partial charge on any atom is -1.00 e. The molecular formula is C18H5Cl10NaO5S. The summed E-state index contributed by atoms with van der Waals surface area (Å²) in [5.74, 6) is -1.12. The monoisotopic (exact) mass is 706 g/mol. The molecule has 0 radical (unpaired) electrons. The van der Waals surface area contributed by atoms with Crippen LogP contribution in [0.5, 0.6) is 23.0 Å². The molecule has 0 saturated heterocycles. The van der Waals surface area contributed by atoms with E-state index in [4.69, 9.17) is 125 Å². The van der Waals surface area contributed by atoms with E-state index in [9.17, 15) is 13.0 Å². The average molecular weight is 711 g/mol. The van der Waals surface area contributed by atoms with Crippen molar-refractivity contribution in [3.8, 4) is 23.0 Å². The van der Waals surface area contributed by atoms with E-state index < -0.39 is 20.8 Å². The van der Waals surface area contributed by atoms with Crippen LogP contribution in [0.1, 0.15) is 1.43 Å². The topological polar surface area (TPSA) is 72.8 Å². The zero-order valence-corrected chi connectivity index (χ0v) is 26.9. The van der Waals surface area contributed by atoms with Gasteiger partial charge in [-0.1, -0.05) is 116 Å². The summed E-state index contributed by atoms with van der Waals surface area (Å²) in [7, 11) is -4.89. The fraction of sp³-hybridized carbons (Fsp3) is 0. The third-order valence-corrected chi connectivity index (χ3v) is 9.32. The first-order chi connectivity index (χ1) is 15.7. The van der Waals surface area contributed by atoms with Gasteiger partial charge >= 0.3 is 29.6 Å². The Labute approximate surface area is 272 Å². The first-order valence-corrected chi connectivity index (χ1v) is 13.4. The molecule has 0 aliphatic heterocycles. The predicted octanol–water partition coefficient (Wildman–Crippen LogP) is 8.17. The van der Waals surface area contributed by atoms with Crippen molar-refractivity contribution in [2.45, 2.75) is 4.90 Å². The van der Waals surface area contributed by atoms with Crippen LogP contribution >= 0.6 is 116 Å². The molecule has 1 N–H and O–H groups in total. The summed E-state index contributed by atoms with van der Waals surface area (Å²) in [6.07, 6.45) is 0. The van der Waals surface area contributed by atoms with Gasteiger partial charge in [0.2, 0.25) is 0 Å². The Hall–Kier alpha value is 1.07. The molecule has 0 atom stereocenters. The molecule has 0 amide bonds. The molecule has 3 aromatic rings. The summed E-state index contributed by atoms with van der Waals surface area (Å²) in [5, 5.41) is -1.84. The second-order valence-corrected chi connectivity index (χ2v) is 11.3. The van der Waals surface area contributed by atoms with Crippen molar-refractivity contribution in [1.29, 1.82) is 0 Å². The van der Waals surface area contributed by atoms with Crippen LogP contribution in [0.15, 0.2) is 23.1 Å². The maximum atomic E-state index is 12.1. The van der Waals surface area contributed by atoms with Gasteiger partial charge in [0, 0.05) is 6.07 Å². The maximum Gasteiger partial charge on any atom is 1.00 e. The molecule has 17 heteroatoms. The fourth-order valence-electron chi connectivity index (χ4n) is 2.41. The molecule has 0 fully saturated rings. The van der Waals surface area contributed by atoms with Crippen molar-refractivity contribution < 1.29 is 53.4 Å². The van der Waals surface area contributed by atoms with E-state index in [0.717, 1.165) is 12.1 Å². The van der Waals surface area contributed by atoms with Crippen molar-refractivity contribution in [2.24, 2.45) is 0 Å². The van der Waals surface area contributed by atoms with E-state index in [2.05, 4.69) is 0 Å². The number of ether oxygens (including phenoxy) is 2. The van der Waals surface area contributed by atoms with E-state index in [1.54, 1.807) is 0 Å². The Kier molecular flexibility index (Phi) is 11.5. The van der Waals surface area contributed by atoms with E-state index in [0.29, 0.717) is 0 Å². The van der Waals surface area contributed by atoms with Crippen molar-refractivity contribution >= 4 is 126 Å². The zero-order valence-electron chi connectivity index (χ0n) is 17.5. The van der Waals surface area contributed by atoms with Crippen molar-refractivity contribution in [3.05, 3.63) is 68.4 Å². The number of benzene rings is 3. The second kappa shape index (κ2) is 12.5. The van der Waals surface area contributed by atoms with Gasteiger partial charge in [-0.25, -0.2) is 0 Å². The quantitative estimate of drug-likeness (QED) is 0.125. The minimum absolute atomic E-state index is 0. The normalized spacial score (nSPS) is 11.3. The second-order valence-electron chi connectivity index (χ2n) is 6.09. The Morgan fingerprint density at radius 1 is 0.600 bits per heavy atom. The summed E-state index contributed by atoms with van der Waals surface area (Å²) in [6, 6.07) is 3.26. The van der Waals surface area contributed by atoms with Crippen LogP contribution < -0.4 is 39.0 Å². The maximum absolute atomic E-state index is 12.1. The van der Waals surface area contributed by atoms with Gasteiger partial charge in [-0.15, -0.1) is 0 Å². The number of hydrogen-bond acceptors (Lipinski definition) is 4. The van der Waals surface area contributed by atoms with E-state index in [1.165, 1.54) is 6.07 Å². The van der Waals surface area contributed by atoms with Gasteiger partial charge in [-0.3, -0.25) is 4.55 Å². The Morgan fingerprint density at radius 2 is 0.943 bits per heavy atom. The molecule has 0 heterocycles. The molecule has 0 spiro atoms. The van der Waals surface area contributed by atoms with Gasteiger partial charge in [0.05, 0.1) is 30.1 Å². The largest absolute Gasteiger partial charge is 1.00 e. The van der Waals surface area contributed by atoms with Gasteiger partial charge < -0.3 is 10.9 Å². The Balaban J connectivity index is 0.00000324. The zero-order chi connectivity index (χ0) is 25.7. The molecule has 0 bridgehead atoms. The van der Waals surface area contributed by atoms with Crippen LogP contribution in [0.25, 0.3) is 0 Å². The third kappa shape index (κ3) is 6.63. The molecule has 3 rings (SSSR count). The first kappa shape index (κ1) is 32.3. The molecule has 5 nitrogen and oxygen atoms in total. The van der Waals surface area contributed by atoms with Crippen molar-refractivity contribution in [2.75, 3.05) is 0 Å². The van der Waals surface area contributed by atoms with Crippen LogP contribution in [-0.4, -0.2) is 13.0 Å². The van der Waals surface area contributed by atoms with Gasteiger partial charge in [0.25, 0.3) is 10.1 Å². The number of halogens is 10. The summed E-state index contributed by atoms with van der Waals surface area (Å²) >= 11 is 60.4. The summed E-state index contributed by atoms with van der Waals surface area (Å²) in [5.41, 5.74) is 0. The smallest absolute Gasteiger partial charge is 1.00 e. The molecule has 35 heavy (non-hydrogen) atoms. The predicted molar refractivity (Wildman–Crippen MR) is 141 cm³/mol. The van der Waals surface area contributed by atoms with Crippen molar-refractivity contribution in [3.63, 3.8) is 0 Å². The summed E-state index contributed by atoms with van der Waals surface area (Å²) < 4.78 is 45.0. The van der Waals surface area contributed by atoms with Crippen LogP contribution in [0, 0.1) is 0 Å². The minimum atomic E-state index is -4.89. The van der Waals surface area contributed by atoms with E-state index in [1.807, 2.05) is 0 Å². The molecule has 0 aliphatic carbocycles. The SMILES string of the molecule is O=S(=O)(O)c1cc(Oc2c(Cl)c(Cl)c(Cl)c(Cl)c2Cl)ccc1Oc1c(Cl)c(Cl)c(Cl)c(Cl)c1Cl.[H-].[Na+]. The first-order valence-electron chi connectivity index (χ1n) is 8.16. The molecule has 0 aliphatic rings. The molecule has 184 valence electrons. The third-order valence-electron chi connectivity index (χ3n) is 3.96. The van der Waals surface area contributed by atoms with Gasteiger partial charge in [-0.05, 0) is 12.1 Å². The number of rotatable bonds is 5. The number of hydrogen-bond donors (Lipinski definition) is 1. The fourth-order valence-corrected chi connectivity index (χ4v) is 5.44. The van der Waals surface area contributed by atoms with Gasteiger partial charge in [-0.2, -0.15) is 8.42 Å². The van der Waals surface area contributed by atoms with Crippen LogP contribution in [0.4, 0.5) is 0 Å². The van der Waals surface area contributed by atoms with E-state index >= 15 is 0 Å². The van der Waals surface area contributed by atoms with Crippen LogP contribution in [-0.2, 0) is 10.1 Å². The molecule has 3 aromatic carbocycles. The summed E-state index contributed by atoms with van der Waals surface area (Å²) in [6.45, 7) is 0. The summed E-state index contributed by atoms with van der Waals surface area (Å²) in [4.78, 5) is -0.752. The van der Waals surface area contributed by atoms with Crippen LogP contribution in [0.2, 0.25) is 50.2 Å².